The molecule has 1 aliphatic rings. The molecule has 0 spiro atoms. The van der Waals surface area contributed by atoms with Gasteiger partial charge in [-0.3, -0.25) is 4.98 Å². The molecule has 1 N–H and O–H groups in total. The maximum absolute atomic E-state index is 5.90. The number of methoxy groups -OCH3 is 2. The first-order chi connectivity index (χ1) is 16.6. The van der Waals surface area contributed by atoms with Crippen LogP contribution in [0.5, 0.6) is 11.5 Å². The molecule has 0 radical (unpaired) electrons. The van der Waals surface area contributed by atoms with Crippen LogP contribution in [0.4, 0.5) is 5.69 Å². The fraction of sp³-hybridized carbons (Fsp3) is 0.185. The minimum absolute atomic E-state index is 0.155. The standard InChI is InChI=1S/C27H26N4O2S/c1-18-12-14-23(30(18)19-9-5-4-6-10-19)26-25(21-11-7-8-16-28-21)29-27(34)31(26)22-15-13-20(32-2)17-24(22)33-3/h4-17,25-26H,1-3H3,(H,29,34)/t25-,26+/m1/s1. The number of benzene rings is 2. The number of aryl methyl sites for hydroxylation is 1. The largest absolute Gasteiger partial charge is 0.497 e. The number of anilines is 1. The molecule has 2 aromatic carbocycles. The summed E-state index contributed by atoms with van der Waals surface area (Å²) >= 11 is 5.90. The van der Waals surface area contributed by atoms with E-state index in [0.29, 0.717) is 10.9 Å². The molecule has 2 aromatic heterocycles. The fourth-order valence-corrected chi connectivity index (χ4v) is 4.96. The molecule has 34 heavy (non-hydrogen) atoms. The first-order valence-corrected chi connectivity index (χ1v) is 11.5. The second kappa shape index (κ2) is 9.19. The summed E-state index contributed by atoms with van der Waals surface area (Å²) in [7, 11) is 3.30. The van der Waals surface area contributed by atoms with Crippen molar-refractivity contribution in [3.05, 3.63) is 102 Å². The van der Waals surface area contributed by atoms with Crippen LogP contribution in [0.15, 0.2) is 85.1 Å². The number of para-hydroxylation sites is 1. The summed E-state index contributed by atoms with van der Waals surface area (Å²) in [6.45, 7) is 2.12. The first-order valence-electron chi connectivity index (χ1n) is 11.1. The van der Waals surface area contributed by atoms with Crippen molar-refractivity contribution < 1.29 is 9.47 Å². The van der Waals surface area contributed by atoms with E-state index in [1.807, 2.05) is 48.7 Å². The van der Waals surface area contributed by atoms with E-state index in [2.05, 4.69) is 63.1 Å². The summed E-state index contributed by atoms with van der Waals surface area (Å²) in [5.41, 5.74) is 5.12. The monoisotopic (exact) mass is 470 g/mol. The molecule has 0 unspecified atom stereocenters. The maximum Gasteiger partial charge on any atom is 0.174 e. The average molecular weight is 471 g/mol. The number of thiocarbonyl (C=S) groups is 1. The van der Waals surface area contributed by atoms with Crippen LogP contribution in [0.3, 0.4) is 0 Å². The van der Waals surface area contributed by atoms with Crippen molar-refractivity contribution in [2.75, 3.05) is 19.1 Å². The zero-order valence-corrected chi connectivity index (χ0v) is 20.1. The zero-order valence-electron chi connectivity index (χ0n) is 19.3. The predicted octanol–water partition coefficient (Wildman–Crippen LogP) is 5.38. The first kappa shape index (κ1) is 22.0. The summed E-state index contributed by atoms with van der Waals surface area (Å²) in [6.07, 6.45) is 1.81. The van der Waals surface area contributed by atoms with Gasteiger partial charge >= 0.3 is 0 Å². The molecule has 5 rings (SSSR count). The molecule has 172 valence electrons. The van der Waals surface area contributed by atoms with Gasteiger partial charge in [0.05, 0.1) is 31.6 Å². The van der Waals surface area contributed by atoms with Gasteiger partial charge in [-0.1, -0.05) is 24.3 Å². The average Bonchev–Trinajstić information content (AvgIpc) is 3.43. The molecule has 6 nitrogen and oxygen atoms in total. The molecule has 0 bridgehead atoms. The van der Waals surface area contributed by atoms with Crippen LogP contribution >= 0.6 is 12.2 Å². The number of nitrogens with zero attached hydrogens (tertiary/aromatic N) is 3. The SMILES string of the molecule is COc1ccc(N2C(=S)N[C@H](c3ccccn3)[C@@H]2c2ccc(C)n2-c2ccccc2)c(OC)c1. The molecule has 1 aliphatic heterocycles. The van der Waals surface area contributed by atoms with Gasteiger partial charge < -0.3 is 24.3 Å². The zero-order chi connectivity index (χ0) is 23.7. The van der Waals surface area contributed by atoms with E-state index in [-0.39, 0.29) is 12.1 Å². The highest BCUT2D eigenvalue weighted by Crippen LogP contribution is 2.46. The Morgan fingerprint density at radius 3 is 2.41 bits per heavy atom. The van der Waals surface area contributed by atoms with Gasteiger partial charge in [-0.15, -0.1) is 0 Å². The van der Waals surface area contributed by atoms with E-state index in [1.165, 1.54) is 0 Å². The van der Waals surface area contributed by atoms with Crippen LogP contribution < -0.4 is 19.7 Å². The second-order valence-electron chi connectivity index (χ2n) is 8.10. The van der Waals surface area contributed by atoms with Gasteiger partial charge in [0, 0.05) is 29.3 Å². The highest BCUT2D eigenvalue weighted by molar-refractivity contribution is 7.80. The van der Waals surface area contributed by atoms with Crippen molar-refractivity contribution in [2.24, 2.45) is 0 Å². The van der Waals surface area contributed by atoms with Crippen molar-refractivity contribution in [3.8, 4) is 17.2 Å². The Hall–Kier alpha value is -3.84. The van der Waals surface area contributed by atoms with Gasteiger partial charge in [0.15, 0.2) is 5.11 Å². The fourth-order valence-electron chi connectivity index (χ4n) is 4.62. The third kappa shape index (κ3) is 3.78. The van der Waals surface area contributed by atoms with Gasteiger partial charge in [0.25, 0.3) is 0 Å². The molecule has 1 saturated heterocycles. The highest BCUT2D eigenvalue weighted by atomic mass is 32.1. The molecular weight excluding hydrogens is 444 g/mol. The van der Waals surface area contributed by atoms with Gasteiger partial charge in [-0.2, -0.15) is 0 Å². The third-order valence-corrected chi connectivity index (χ3v) is 6.48. The highest BCUT2D eigenvalue weighted by Gasteiger charge is 2.43. The smallest absolute Gasteiger partial charge is 0.174 e. The number of aromatic nitrogens is 2. The lowest BCUT2D eigenvalue weighted by Crippen LogP contribution is -2.30. The number of ether oxygens (including phenoxy) is 2. The van der Waals surface area contributed by atoms with Gasteiger partial charge in [0.1, 0.15) is 17.5 Å². The topological polar surface area (TPSA) is 51.5 Å². The summed E-state index contributed by atoms with van der Waals surface area (Å²) in [4.78, 5) is 6.80. The van der Waals surface area contributed by atoms with Crippen LogP contribution in [0, 0.1) is 6.92 Å². The number of nitrogens with one attached hydrogen (secondary N) is 1. The number of rotatable bonds is 6. The van der Waals surface area contributed by atoms with Gasteiger partial charge in [0.2, 0.25) is 0 Å². The lowest BCUT2D eigenvalue weighted by Gasteiger charge is -2.30. The van der Waals surface area contributed by atoms with E-state index >= 15 is 0 Å². The quantitative estimate of drug-likeness (QED) is 0.382. The van der Waals surface area contributed by atoms with E-state index < -0.39 is 0 Å². The van der Waals surface area contributed by atoms with E-state index in [4.69, 9.17) is 21.7 Å². The predicted molar refractivity (Wildman–Crippen MR) is 138 cm³/mol. The Kier molecular flexibility index (Phi) is 5.94. The van der Waals surface area contributed by atoms with Crippen molar-refractivity contribution in [2.45, 2.75) is 19.0 Å². The molecule has 4 aromatic rings. The van der Waals surface area contributed by atoms with Crippen molar-refractivity contribution in [3.63, 3.8) is 0 Å². The second-order valence-corrected chi connectivity index (χ2v) is 8.49. The van der Waals surface area contributed by atoms with E-state index in [1.54, 1.807) is 14.2 Å². The minimum atomic E-state index is -0.168. The van der Waals surface area contributed by atoms with Crippen molar-refractivity contribution >= 4 is 23.0 Å². The van der Waals surface area contributed by atoms with Gasteiger partial charge in [-0.05, 0) is 67.7 Å². The molecule has 2 atom stereocenters. The van der Waals surface area contributed by atoms with Crippen LogP contribution in [0.2, 0.25) is 0 Å². The van der Waals surface area contributed by atoms with Crippen LogP contribution in [-0.4, -0.2) is 28.9 Å². The van der Waals surface area contributed by atoms with Crippen LogP contribution in [0.1, 0.15) is 29.2 Å². The molecule has 1 fully saturated rings. The molecule has 0 amide bonds. The maximum atomic E-state index is 5.90. The summed E-state index contributed by atoms with van der Waals surface area (Å²) in [5, 5.41) is 4.14. The third-order valence-electron chi connectivity index (χ3n) is 6.17. The minimum Gasteiger partial charge on any atom is -0.497 e. The lowest BCUT2D eigenvalue weighted by atomic mass is 10.0. The van der Waals surface area contributed by atoms with Crippen LogP contribution in [-0.2, 0) is 0 Å². The number of pyridine rings is 1. The Morgan fingerprint density at radius 2 is 1.71 bits per heavy atom. The van der Waals surface area contributed by atoms with Crippen molar-refractivity contribution in [1.82, 2.24) is 14.9 Å². The molecule has 3 heterocycles. The Balaban J connectivity index is 1.72. The summed E-state index contributed by atoms with van der Waals surface area (Å²) < 4.78 is 13.5. The molecule has 0 aliphatic carbocycles. The Morgan fingerprint density at radius 1 is 0.912 bits per heavy atom. The molecular formula is C27H26N4O2S. The summed E-state index contributed by atoms with van der Waals surface area (Å²) in [5.74, 6) is 1.41. The Labute approximate surface area is 204 Å². The van der Waals surface area contributed by atoms with E-state index in [9.17, 15) is 0 Å². The van der Waals surface area contributed by atoms with Crippen LogP contribution in [0.25, 0.3) is 5.69 Å². The normalized spacial score (nSPS) is 17.5. The lowest BCUT2D eigenvalue weighted by molar-refractivity contribution is 0.394. The van der Waals surface area contributed by atoms with Crippen molar-refractivity contribution in [1.29, 1.82) is 0 Å². The van der Waals surface area contributed by atoms with Gasteiger partial charge in [-0.25, -0.2) is 0 Å². The molecule has 0 saturated carbocycles. The Bertz CT molecular complexity index is 1310. The number of hydrogen-bond acceptors (Lipinski definition) is 4. The molecule has 7 heteroatoms. The van der Waals surface area contributed by atoms with E-state index in [0.717, 1.165) is 34.2 Å². The summed E-state index contributed by atoms with van der Waals surface area (Å²) in [6, 6.07) is 26.1. The number of hydrogen-bond donors (Lipinski definition) is 1.